The third-order valence-electron chi connectivity index (χ3n) is 1.85. The molecule has 14 heavy (non-hydrogen) atoms. The Morgan fingerprint density at radius 2 is 1.93 bits per heavy atom. The normalized spacial score (nSPS) is 9.29. The highest BCUT2D eigenvalue weighted by molar-refractivity contribution is 5.85. The van der Waals surface area contributed by atoms with Gasteiger partial charge in [-0.2, -0.15) is 0 Å². The largest absolute Gasteiger partial charge is 0.466 e. The minimum atomic E-state index is -0.0644. The van der Waals surface area contributed by atoms with Gasteiger partial charge in [0.2, 0.25) is 0 Å². The average molecular weight is 224 g/mol. The van der Waals surface area contributed by atoms with Crippen LogP contribution in [0.25, 0.3) is 0 Å². The van der Waals surface area contributed by atoms with Gasteiger partial charge in [0, 0.05) is 6.42 Å². The topological polar surface area (TPSA) is 52.3 Å². The maximum absolute atomic E-state index is 11.0. The van der Waals surface area contributed by atoms with Crippen LogP contribution in [0.5, 0.6) is 0 Å². The molecule has 0 fully saturated rings. The summed E-state index contributed by atoms with van der Waals surface area (Å²) in [6.07, 6.45) is 5.52. The van der Waals surface area contributed by atoms with Gasteiger partial charge in [-0.1, -0.05) is 19.8 Å². The first-order chi connectivity index (χ1) is 6.31. The predicted molar refractivity (Wildman–Crippen MR) is 60.6 cm³/mol. The Morgan fingerprint density at radius 1 is 1.21 bits per heavy atom. The number of carbonyl (C=O) groups is 1. The molecule has 0 aliphatic rings. The minimum absolute atomic E-state index is 0. The van der Waals surface area contributed by atoms with Crippen molar-refractivity contribution in [2.45, 2.75) is 45.4 Å². The van der Waals surface area contributed by atoms with Crippen molar-refractivity contribution < 1.29 is 9.53 Å². The van der Waals surface area contributed by atoms with Gasteiger partial charge in [-0.15, -0.1) is 12.4 Å². The van der Waals surface area contributed by atoms with E-state index in [4.69, 9.17) is 10.5 Å². The number of esters is 1. The van der Waals surface area contributed by atoms with Gasteiger partial charge in [0.25, 0.3) is 0 Å². The van der Waals surface area contributed by atoms with Gasteiger partial charge in [-0.3, -0.25) is 4.79 Å². The lowest BCUT2D eigenvalue weighted by molar-refractivity contribution is -0.143. The van der Waals surface area contributed by atoms with Gasteiger partial charge in [-0.05, 0) is 25.8 Å². The molecule has 0 unspecified atom stereocenters. The molecule has 0 amide bonds. The van der Waals surface area contributed by atoms with Crippen LogP contribution in [0, 0.1) is 0 Å². The molecule has 0 atom stereocenters. The molecule has 0 aromatic heterocycles. The summed E-state index contributed by atoms with van der Waals surface area (Å²) in [5, 5.41) is 0. The summed E-state index contributed by atoms with van der Waals surface area (Å²) in [6, 6.07) is 0. The maximum atomic E-state index is 11.0. The Hall–Kier alpha value is -0.280. The van der Waals surface area contributed by atoms with E-state index in [0.717, 1.165) is 32.1 Å². The predicted octanol–water partition coefficient (Wildman–Crippen LogP) is 2.27. The fourth-order valence-corrected chi connectivity index (χ4v) is 0.993. The second-order valence-corrected chi connectivity index (χ2v) is 3.17. The second kappa shape index (κ2) is 12.7. The zero-order chi connectivity index (χ0) is 9.94. The van der Waals surface area contributed by atoms with Gasteiger partial charge in [0.15, 0.2) is 0 Å². The molecule has 0 heterocycles. The Bertz CT molecular complexity index is 131. The molecule has 0 aromatic carbocycles. The monoisotopic (exact) mass is 223 g/mol. The van der Waals surface area contributed by atoms with Gasteiger partial charge >= 0.3 is 5.97 Å². The molecule has 2 N–H and O–H groups in total. The number of hydrogen-bond acceptors (Lipinski definition) is 3. The van der Waals surface area contributed by atoms with Crippen LogP contribution in [0.4, 0.5) is 0 Å². The Balaban J connectivity index is 0. The SMILES string of the molecule is CCCCOC(=O)CCCCCN.Cl. The first-order valence-electron chi connectivity index (χ1n) is 5.17. The fourth-order valence-electron chi connectivity index (χ4n) is 0.993. The minimum Gasteiger partial charge on any atom is -0.466 e. The van der Waals surface area contributed by atoms with E-state index in [2.05, 4.69) is 6.92 Å². The summed E-state index contributed by atoms with van der Waals surface area (Å²) < 4.78 is 4.99. The maximum Gasteiger partial charge on any atom is 0.305 e. The van der Waals surface area contributed by atoms with Crippen LogP contribution in [0.1, 0.15) is 45.4 Å². The Kier molecular flexibility index (Phi) is 14.7. The fraction of sp³-hybridized carbons (Fsp3) is 0.900. The van der Waals surface area contributed by atoms with Crippen molar-refractivity contribution in [2.24, 2.45) is 5.73 Å². The van der Waals surface area contributed by atoms with Crippen molar-refractivity contribution in [3.63, 3.8) is 0 Å². The number of carbonyl (C=O) groups excluding carboxylic acids is 1. The van der Waals surface area contributed by atoms with Crippen molar-refractivity contribution in [3.8, 4) is 0 Å². The lowest BCUT2D eigenvalue weighted by atomic mass is 10.2. The van der Waals surface area contributed by atoms with Crippen LogP contribution < -0.4 is 5.73 Å². The molecule has 86 valence electrons. The number of halogens is 1. The van der Waals surface area contributed by atoms with Crippen molar-refractivity contribution >= 4 is 18.4 Å². The highest BCUT2D eigenvalue weighted by Crippen LogP contribution is 2.00. The number of unbranched alkanes of at least 4 members (excludes halogenated alkanes) is 3. The molecular weight excluding hydrogens is 202 g/mol. The zero-order valence-corrected chi connectivity index (χ0v) is 9.78. The van der Waals surface area contributed by atoms with Crippen molar-refractivity contribution in [3.05, 3.63) is 0 Å². The highest BCUT2D eigenvalue weighted by Gasteiger charge is 2.00. The first kappa shape index (κ1) is 16.2. The number of nitrogens with two attached hydrogens (primary N) is 1. The third kappa shape index (κ3) is 11.7. The van der Waals surface area contributed by atoms with Crippen molar-refractivity contribution in [2.75, 3.05) is 13.2 Å². The molecule has 0 aliphatic heterocycles. The standard InChI is InChI=1S/C10H21NO2.ClH/c1-2-3-9-13-10(12)7-5-4-6-8-11;/h2-9,11H2,1H3;1H. The van der Waals surface area contributed by atoms with Crippen LogP contribution in [0.3, 0.4) is 0 Å². The van der Waals surface area contributed by atoms with E-state index in [9.17, 15) is 4.79 Å². The molecule has 4 heteroatoms. The first-order valence-corrected chi connectivity index (χ1v) is 5.17. The van der Waals surface area contributed by atoms with E-state index in [1.54, 1.807) is 0 Å². The summed E-state index contributed by atoms with van der Waals surface area (Å²) in [5.74, 6) is -0.0644. The second-order valence-electron chi connectivity index (χ2n) is 3.17. The summed E-state index contributed by atoms with van der Waals surface area (Å²) in [5.41, 5.74) is 5.33. The van der Waals surface area contributed by atoms with Crippen LogP contribution >= 0.6 is 12.4 Å². The van der Waals surface area contributed by atoms with Crippen molar-refractivity contribution in [1.29, 1.82) is 0 Å². The van der Waals surface area contributed by atoms with E-state index in [1.165, 1.54) is 0 Å². The van der Waals surface area contributed by atoms with Gasteiger partial charge in [-0.25, -0.2) is 0 Å². The van der Waals surface area contributed by atoms with Gasteiger partial charge < -0.3 is 10.5 Å². The van der Waals surface area contributed by atoms with Crippen LogP contribution in [-0.4, -0.2) is 19.1 Å². The lowest BCUT2D eigenvalue weighted by Crippen LogP contribution is -2.06. The Morgan fingerprint density at radius 3 is 2.50 bits per heavy atom. The zero-order valence-electron chi connectivity index (χ0n) is 8.96. The quantitative estimate of drug-likeness (QED) is 0.507. The summed E-state index contributed by atoms with van der Waals surface area (Å²) in [4.78, 5) is 11.0. The van der Waals surface area contributed by atoms with Crippen LogP contribution in [-0.2, 0) is 9.53 Å². The van der Waals surface area contributed by atoms with Gasteiger partial charge in [0.05, 0.1) is 6.61 Å². The summed E-state index contributed by atoms with van der Waals surface area (Å²) in [7, 11) is 0. The molecular formula is C10H22ClNO2. The lowest BCUT2D eigenvalue weighted by Gasteiger charge is -2.02. The van der Waals surface area contributed by atoms with Crippen LogP contribution in [0.2, 0.25) is 0 Å². The van der Waals surface area contributed by atoms with Gasteiger partial charge in [0.1, 0.15) is 0 Å². The molecule has 0 saturated carbocycles. The molecule has 0 aromatic rings. The van der Waals surface area contributed by atoms with Crippen molar-refractivity contribution in [1.82, 2.24) is 0 Å². The van der Waals surface area contributed by atoms with E-state index in [1.807, 2.05) is 0 Å². The number of hydrogen-bond donors (Lipinski definition) is 1. The smallest absolute Gasteiger partial charge is 0.305 e. The molecule has 3 nitrogen and oxygen atoms in total. The molecule has 0 rings (SSSR count). The molecule has 0 radical (unpaired) electrons. The van der Waals surface area contributed by atoms with E-state index in [0.29, 0.717) is 19.6 Å². The molecule has 0 saturated heterocycles. The summed E-state index contributed by atoms with van der Waals surface area (Å²) >= 11 is 0. The number of ether oxygens (including phenoxy) is 1. The molecule has 0 aliphatic carbocycles. The van der Waals surface area contributed by atoms with E-state index in [-0.39, 0.29) is 18.4 Å². The average Bonchev–Trinajstić information content (AvgIpc) is 2.13. The van der Waals surface area contributed by atoms with E-state index < -0.39 is 0 Å². The highest BCUT2D eigenvalue weighted by atomic mass is 35.5. The molecule has 0 bridgehead atoms. The summed E-state index contributed by atoms with van der Waals surface area (Å²) in [6.45, 7) is 3.37. The Labute approximate surface area is 92.8 Å². The van der Waals surface area contributed by atoms with Crippen LogP contribution in [0.15, 0.2) is 0 Å². The third-order valence-corrected chi connectivity index (χ3v) is 1.85. The molecule has 0 spiro atoms. The number of rotatable bonds is 8. The van der Waals surface area contributed by atoms with E-state index >= 15 is 0 Å².